The maximum atomic E-state index is 12.3. The molecule has 0 unspecified atom stereocenters. The third kappa shape index (κ3) is 5.49. The van der Waals surface area contributed by atoms with Crippen molar-refractivity contribution in [1.82, 2.24) is 5.32 Å². The van der Waals surface area contributed by atoms with E-state index < -0.39 is 0 Å². The van der Waals surface area contributed by atoms with Crippen molar-refractivity contribution in [1.29, 1.82) is 0 Å². The first kappa shape index (κ1) is 20.8. The summed E-state index contributed by atoms with van der Waals surface area (Å²) in [5.74, 6) is 1.81. The van der Waals surface area contributed by atoms with Crippen molar-refractivity contribution in [2.45, 2.75) is 53.0 Å². The zero-order chi connectivity index (χ0) is 20.0. The van der Waals surface area contributed by atoms with Gasteiger partial charge >= 0.3 is 0 Å². The monoisotopic (exact) mass is 369 g/mol. The number of ether oxygens (including phenoxy) is 2. The summed E-state index contributed by atoms with van der Waals surface area (Å²) < 4.78 is 11.1. The van der Waals surface area contributed by atoms with Gasteiger partial charge in [-0.25, -0.2) is 0 Å². The first-order chi connectivity index (χ1) is 12.8. The highest BCUT2D eigenvalue weighted by Crippen LogP contribution is 2.32. The van der Waals surface area contributed by atoms with E-state index in [2.05, 4.69) is 32.2 Å². The lowest BCUT2D eigenvalue weighted by molar-refractivity contribution is -0.123. The molecule has 27 heavy (non-hydrogen) atoms. The summed E-state index contributed by atoms with van der Waals surface area (Å²) in [5.41, 5.74) is 4.59. The van der Waals surface area contributed by atoms with E-state index in [1.807, 2.05) is 44.2 Å². The maximum Gasteiger partial charge on any atom is 0.258 e. The summed E-state index contributed by atoms with van der Waals surface area (Å²) in [5, 5.41) is 3.03. The fourth-order valence-corrected chi connectivity index (χ4v) is 3.14. The molecule has 0 saturated carbocycles. The molecule has 0 radical (unpaired) electrons. The summed E-state index contributed by atoms with van der Waals surface area (Å²) >= 11 is 0. The molecule has 0 aliphatic heterocycles. The Bertz CT molecular complexity index is 766. The standard InChI is InChI=1S/C23H31NO3/c1-7-18-8-10-19(11-9-18)27-14-23(25)24-17(5)21-13-20(15(2)3)22(26-6)12-16(21)4/h8-13,15,17H,7,14H2,1-6H3,(H,24,25)/t17-/m1/s1. The van der Waals surface area contributed by atoms with Gasteiger partial charge in [-0.3, -0.25) is 4.79 Å². The quantitative estimate of drug-likeness (QED) is 0.716. The Morgan fingerprint density at radius 1 is 1.07 bits per heavy atom. The maximum absolute atomic E-state index is 12.3. The van der Waals surface area contributed by atoms with Crippen molar-refractivity contribution in [3.8, 4) is 11.5 Å². The fraction of sp³-hybridized carbons (Fsp3) is 0.435. The van der Waals surface area contributed by atoms with Gasteiger partial charge in [0, 0.05) is 0 Å². The van der Waals surface area contributed by atoms with E-state index in [0.29, 0.717) is 11.7 Å². The van der Waals surface area contributed by atoms with Gasteiger partial charge in [0.2, 0.25) is 0 Å². The number of rotatable bonds is 8. The zero-order valence-electron chi connectivity index (χ0n) is 17.3. The Hall–Kier alpha value is -2.49. The van der Waals surface area contributed by atoms with E-state index in [-0.39, 0.29) is 18.6 Å². The van der Waals surface area contributed by atoms with Gasteiger partial charge in [0.05, 0.1) is 13.2 Å². The number of hydrogen-bond donors (Lipinski definition) is 1. The van der Waals surface area contributed by atoms with Crippen LogP contribution in [0.1, 0.15) is 61.9 Å². The normalized spacial score (nSPS) is 12.0. The number of aryl methyl sites for hydroxylation is 2. The highest BCUT2D eigenvalue weighted by atomic mass is 16.5. The molecule has 0 bridgehead atoms. The molecule has 1 amide bonds. The van der Waals surface area contributed by atoms with Crippen LogP contribution < -0.4 is 14.8 Å². The molecule has 2 aromatic carbocycles. The number of benzene rings is 2. The Morgan fingerprint density at radius 3 is 2.30 bits per heavy atom. The van der Waals surface area contributed by atoms with Crippen LogP contribution in [0, 0.1) is 6.92 Å². The van der Waals surface area contributed by atoms with E-state index >= 15 is 0 Å². The van der Waals surface area contributed by atoms with Gasteiger partial charge < -0.3 is 14.8 Å². The lowest BCUT2D eigenvalue weighted by atomic mass is 9.93. The first-order valence-corrected chi connectivity index (χ1v) is 9.55. The minimum atomic E-state index is -0.136. The highest BCUT2D eigenvalue weighted by molar-refractivity contribution is 5.78. The number of carbonyl (C=O) groups excluding carboxylic acids is 1. The zero-order valence-corrected chi connectivity index (χ0v) is 17.3. The van der Waals surface area contributed by atoms with Crippen molar-refractivity contribution >= 4 is 5.91 Å². The molecule has 0 spiro atoms. The van der Waals surface area contributed by atoms with Gasteiger partial charge in [0.15, 0.2) is 6.61 Å². The van der Waals surface area contributed by atoms with Gasteiger partial charge in [0.25, 0.3) is 5.91 Å². The summed E-state index contributed by atoms with van der Waals surface area (Å²) in [6, 6.07) is 11.9. The van der Waals surface area contributed by atoms with Crippen LogP contribution in [0.3, 0.4) is 0 Å². The molecule has 1 N–H and O–H groups in total. The lowest BCUT2D eigenvalue weighted by Gasteiger charge is -2.21. The smallest absolute Gasteiger partial charge is 0.258 e. The molecule has 0 aromatic heterocycles. The van der Waals surface area contributed by atoms with Gasteiger partial charge in [-0.1, -0.05) is 32.9 Å². The predicted molar refractivity (Wildman–Crippen MR) is 110 cm³/mol. The largest absolute Gasteiger partial charge is 0.496 e. The molecule has 4 heteroatoms. The van der Waals surface area contributed by atoms with E-state index in [9.17, 15) is 4.79 Å². The molecule has 1 atom stereocenters. The van der Waals surface area contributed by atoms with Crippen molar-refractivity contribution in [2.24, 2.45) is 0 Å². The Morgan fingerprint density at radius 2 is 1.74 bits per heavy atom. The second kappa shape index (κ2) is 9.45. The number of hydrogen-bond acceptors (Lipinski definition) is 3. The highest BCUT2D eigenvalue weighted by Gasteiger charge is 2.17. The molecular formula is C23H31NO3. The summed E-state index contributed by atoms with van der Waals surface area (Å²) in [6.45, 7) is 10.4. The molecule has 0 heterocycles. The van der Waals surface area contributed by atoms with Crippen molar-refractivity contribution < 1.29 is 14.3 Å². The van der Waals surface area contributed by atoms with E-state index in [1.165, 1.54) is 5.56 Å². The number of nitrogens with one attached hydrogen (secondary N) is 1. The van der Waals surface area contributed by atoms with Crippen LogP contribution in [-0.4, -0.2) is 19.6 Å². The second-order valence-corrected chi connectivity index (χ2v) is 7.18. The molecule has 4 nitrogen and oxygen atoms in total. The van der Waals surface area contributed by atoms with Crippen LogP contribution in [-0.2, 0) is 11.2 Å². The second-order valence-electron chi connectivity index (χ2n) is 7.18. The summed E-state index contributed by atoms with van der Waals surface area (Å²) in [6.07, 6.45) is 0.984. The number of methoxy groups -OCH3 is 1. The minimum absolute atomic E-state index is 0.00204. The SMILES string of the molecule is CCc1ccc(OCC(=O)N[C@H](C)c2cc(C(C)C)c(OC)cc2C)cc1. The van der Waals surface area contributed by atoms with Gasteiger partial charge in [-0.15, -0.1) is 0 Å². The number of amides is 1. The van der Waals surface area contributed by atoms with Crippen LogP contribution in [0.4, 0.5) is 0 Å². The summed E-state index contributed by atoms with van der Waals surface area (Å²) in [4.78, 5) is 12.3. The fourth-order valence-electron chi connectivity index (χ4n) is 3.14. The third-order valence-corrected chi connectivity index (χ3v) is 4.79. The molecular weight excluding hydrogens is 338 g/mol. The molecule has 0 aliphatic carbocycles. The van der Waals surface area contributed by atoms with Crippen LogP contribution in [0.5, 0.6) is 11.5 Å². The van der Waals surface area contributed by atoms with Crippen LogP contribution >= 0.6 is 0 Å². The van der Waals surface area contributed by atoms with Crippen molar-refractivity contribution in [2.75, 3.05) is 13.7 Å². The molecule has 0 fully saturated rings. The molecule has 2 aromatic rings. The molecule has 146 valence electrons. The van der Waals surface area contributed by atoms with Crippen molar-refractivity contribution in [3.05, 3.63) is 58.7 Å². The van der Waals surface area contributed by atoms with Crippen LogP contribution in [0.25, 0.3) is 0 Å². The van der Waals surface area contributed by atoms with Crippen LogP contribution in [0.2, 0.25) is 0 Å². The van der Waals surface area contributed by atoms with E-state index in [0.717, 1.165) is 28.9 Å². The van der Waals surface area contributed by atoms with E-state index in [4.69, 9.17) is 9.47 Å². The topological polar surface area (TPSA) is 47.6 Å². The minimum Gasteiger partial charge on any atom is -0.496 e. The molecule has 0 aliphatic rings. The average Bonchev–Trinajstić information content (AvgIpc) is 2.66. The Kier molecular flexibility index (Phi) is 7.28. The van der Waals surface area contributed by atoms with Crippen LogP contribution in [0.15, 0.2) is 36.4 Å². The summed E-state index contributed by atoms with van der Waals surface area (Å²) in [7, 11) is 1.69. The Labute approximate surface area is 162 Å². The van der Waals surface area contributed by atoms with Gasteiger partial charge in [0.1, 0.15) is 11.5 Å². The predicted octanol–water partition coefficient (Wildman–Crippen LogP) is 4.95. The molecule has 2 rings (SSSR count). The third-order valence-electron chi connectivity index (χ3n) is 4.79. The number of carbonyl (C=O) groups is 1. The van der Waals surface area contributed by atoms with Gasteiger partial charge in [-0.2, -0.15) is 0 Å². The van der Waals surface area contributed by atoms with Crippen molar-refractivity contribution in [3.63, 3.8) is 0 Å². The molecule has 0 saturated heterocycles. The first-order valence-electron chi connectivity index (χ1n) is 9.55. The van der Waals surface area contributed by atoms with Gasteiger partial charge in [-0.05, 0) is 72.7 Å². The Balaban J connectivity index is 2.01. The lowest BCUT2D eigenvalue weighted by Crippen LogP contribution is -2.31. The average molecular weight is 370 g/mol. The van der Waals surface area contributed by atoms with E-state index in [1.54, 1.807) is 7.11 Å².